The van der Waals surface area contributed by atoms with Gasteiger partial charge in [-0.3, -0.25) is 9.59 Å². The predicted molar refractivity (Wildman–Crippen MR) is 59.4 cm³/mol. The van der Waals surface area contributed by atoms with Crippen LogP contribution in [0.15, 0.2) is 0 Å². The number of nitrogens with one attached hydrogen (secondary N) is 2. The molecule has 0 spiro atoms. The monoisotopic (exact) mass is 242 g/mol. The van der Waals surface area contributed by atoms with Gasteiger partial charge >= 0.3 is 5.97 Å². The second-order valence-electron chi connectivity index (χ2n) is 5.04. The van der Waals surface area contributed by atoms with E-state index in [1.54, 1.807) is 0 Å². The first-order chi connectivity index (χ1) is 8.01. The molecule has 1 saturated heterocycles. The minimum atomic E-state index is -0.885. The lowest BCUT2D eigenvalue weighted by molar-refractivity contribution is -0.140. The van der Waals surface area contributed by atoms with E-state index >= 15 is 0 Å². The van der Waals surface area contributed by atoms with Crippen LogP contribution in [0.4, 0.5) is 0 Å². The molecule has 0 aromatic carbocycles. The van der Waals surface area contributed by atoms with Crippen molar-refractivity contribution in [2.24, 2.45) is 0 Å². The average Bonchev–Trinajstić information content (AvgIpc) is 2.60. The Morgan fingerprint density at radius 1 is 1.41 bits per heavy atom. The smallest absolute Gasteiger partial charge is 0.305 e. The molecule has 6 heteroatoms. The highest BCUT2D eigenvalue weighted by molar-refractivity contribution is 5.83. The number of amides is 1. The van der Waals surface area contributed by atoms with Crippen LogP contribution in [0, 0.1) is 0 Å². The van der Waals surface area contributed by atoms with Crippen LogP contribution in [0.3, 0.4) is 0 Å². The first kappa shape index (κ1) is 12.3. The Hall–Kier alpha value is -1.14. The summed E-state index contributed by atoms with van der Waals surface area (Å²) in [5, 5.41) is 23.9. The van der Waals surface area contributed by atoms with Gasteiger partial charge in [-0.2, -0.15) is 0 Å². The lowest BCUT2D eigenvalue weighted by Gasteiger charge is -2.42. The molecule has 1 aliphatic carbocycles. The summed E-state index contributed by atoms with van der Waals surface area (Å²) in [6.07, 6.45) is 2.29. The summed E-state index contributed by atoms with van der Waals surface area (Å²) in [6, 6.07) is -0.392. The molecule has 0 bridgehead atoms. The third-order valence-electron chi connectivity index (χ3n) is 3.61. The van der Waals surface area contributed by atoms with Crippen LogP contribution in [0.5, 0.6) is 0 Å². The summed E-state index contributed by atoms with van der Waals surface area (Å²) in [5.74, 6) is -1.08. The van der Waals surface area contributed by atoms with Gasteiger partial charge in [-0.15, -0.1) is 0 Å². The molecule has 0 radical (unpaired) electrons. The number of carboxylic acids is 1. The van der Waals surface area contributed by atoms with E-state index in [0.29, 0.717) is 13.0 Å². The van der Waals surface area contributed by atoms with Crippen molar-refractivity contribution < 1.29 is 19.8 Å². The number of aliphatic hydroxyl groups excluding tert-OH is 1. The fourth-order valence-corrected chi connectivity index (χ4v) is 2.50. The number of carbonyl (C=O) groups excluding carboxylic acids is 1. The molecule has 1 amide bonds. The quantitative estimate of drug-likeness (QED) is 0.518. The highest BCUT2D eigenvalue weighted by atomic mass is 16.4. The molecule has 4 N–H and O–H groups in total. The van der Waals surface area contributed by atoms with Crippen molar-refractivity contribution in [3.8, 4) is 0 Å². The fraction of sp³-hybridized carbons (Fsp3) is 0.818. The molecular weight excluding hydrogens is 224 g/mol. The Bertz CT molecular complexity index is 327. The zero-order valence-corrected chi connectivity index (χ0v) is 9.61. The number of hydrogen-bond donors (Lipinski definition) is 4. The number of carbonyl (C=O) groups is 2. The third kappa shape index (κ3) is 2.76. The first-order valence-corrected chi connectivity index (χ1v) is 5.96. The molecule has 1 heterocycles. The van der Waals surface area contributed by atoms with Crippen molar-refractivity contribution in [3.63, 3.8) is 0 Å². The Balaban J connectivity index is 1.90. The minimum absolute atomic E-state index is 0.0198. The Morgan fingerprint density at radius 3 is 2.53 bits per heavy atom. The second kappa shape index (κ2) is 4.62. The number of aliphatic hydroxyl groups is 1. The van der Waals surface area contributed by atoms with Gasteiger partial charge in [-0.05, 0) is 25.7 Å². The number of rotatable bonds is 4. The van der Waals surface area contributed by atoms with Gasteiger partial charge in [0, 0.05) is 6.54 Å². The lowest BCUT2D eigenvalue weighted by atomic mass is 9.74. The van der Waals surface area contributed by atoms with Gasteiger partial charge in [0.05, 0.1) is 24.1 Å². The summed E-state index contributed by atoms with van der Waals surface area (Å²) in [7, 11) is 0. The van der Waals surface area contributed by atoms with E-state index < -0.39 is 23.7 Å². The molecule has 2 atom stereocenters. The van der Waals surface area contributed by atoms with Crippen LogP contribution in [-0.4, -0.2) is 46.3 Å². The standard InChI is InChI=1S/C11H18N2O4/c14-7-4-8(12-6-7)10(17)13-11(2-1-3-11)5-9(15)16/h7-8,12,14H,1-6H2,(H,13,17)(H,15,16). The highest BCUT2D eigenvalue weighted by Gasteiger charge is 2.42. The zero-order chi connectivity index (χ0) is 12.5. The fourth-order valence-electron chi connectivity index (χ4n) is 2.50. The van der Waals surface area contributed by atoms with Gasteiger partial charge in [0.25, 0.3) is 0 Å². The first-order valence-electron chi connectivity index (χ1n) is 5.96. The van der Waals surface area contributed by atoms with Crippen LogP contribution in [0.2, 0.25) is 0 Å². The van der Waals surface area contributed by atoms with Crippen molar-refractivity contribution in [1.82, 2.24) is 10.6 Å². The molecule has 17 heavy (non-hydrogen) atoms. The average molecular weight is 242 g/mol. The van der Waals surface area contributed by atoms with E-state index in [0.717, 1.165) is 19.3 Å². The van der Waals surface area contributed by atoms with E-state index in [9.17, 15) is 14.7 Å². The molecule has 2 aliphatic rings. The number of aliphatic carboxylic acids is 1. The van der Waals surface area contributed by atoms with E-state index in [-0.39, 0.29) is 12.3 Å². The molecule has 96 valence electrons. The minimum Gasteiger partial charge on any atom is -0.481 e. The van der Waals surface area contributed by atoms with Gasteiger partial charge in [-0.1, -0.05) is 0 Å². The topological polar surface area (TPSA) is 98.7 Å². The van der Waals surface area contributed by atoms with Crippen LogP contribution in [0.1, 0.15) is 32.1 Å². The van der Waals surface area contributed by atoms with Crippen LogP contribution in [-0.2, 0) is 9.59 Å². The summed E-state index contributed by atoms with van der Waals surface area (Å²) in [5.41, 5.74) is -0.557. The van der Waals surface area contributed by atoms with Crippen LogP contribution >= 0.6 is 0 Å². The van der Waals surface area contributed by atoms with Crippen molar-refractivity contribution in [1.29, 1.82) is 0 Å². The van der Waals surface area contributed by atoms with E-state index in [1.807, 2.05) is 0 Å². The van der Waals surface area contributed by atoms with Gasteiger partial charge in [0.15, 0.2) is 0 Å². The molecule has 1 saturated carbocycles. The van der Waals surface area contributed by atoms with Crippen molar-refractivity contribution in [2.75, 3.05) is 6.54 Å². The summed E-state index contributed by atoms with van der Waals surface area (Å²) in [6.45, 7) is 0.421. The maximum atomic E-state index is 11.9. The second-order valence-corrected chi connectivity index (χ2v) is 5.04. The highest BCUT2D eigenvalue weighted by Crippen LogP contribution is 2.35. The maximum absolute atomic E-state index is 11.9. The molecule has 2 rings (SSSR count). The number of carboxylic acid groups (broad SMARTS) is 1. The van der Waals surface area contributed by atoms with E-state index in [1.165, 1.54) is 0 Å². The SMILES string of the molecule is O=C(O)CC1(NC(=O)C2CC(O)CN2)CCC1. The molecule has 0 aromatic heterocycles. The van der Waals surface area contributed by atoms with Crippen molar-refractivity contribution in [2.45, 2.75) is 49.8 Å². The van der Waals surface area contributed by atoms with Gasteiger partial charge in [0.1, 0.15) is 0 Å². The molecule has 2 fully saturated rings. The van der Waals surface area contributed by atoms with E-state index in [4.69, 9.17) is 5.11 Å². The Morgan fingerprint density at radius 2 is 2.12 bits per heavy atom. The molecule has 1 aliphatic heterocycles. The van der Waals surface area contributed by atoms with Crippen LogP contribution < -0.4 is 10.6 Å². The van der Waals surface area contributed by atoms with E-state index in [2.05, 4.69) is 10.6 Å². The molecule has 2 unspecified atom stereocenters. The Labute approximate surface area is 99.4 Å². The maximum Gasteiger partial charge on any atom is 0.305 e. The van der Waals surface area contributed by atoms with Gasteiger partial charge in [0.2, 0.25) is 5.91 Å². The van der Waals surface area contributed by atoms with Crippen molar-refractivity contribution in [3.05, 3.63) is 0 Å². The molecule has 0 aromatic rings. The van der Waals surface area contributed by atoms with Crippen molar-refractivity contribution >= 4 is 11.9 Å². The normalized spacial score (nSPS) is 30.6. The van der Waals surface area contributed by atoms with Gasteiger partial charge < -0.3 is 20.8 Å². The number of β-amino-alcohol motifs (C(OH)–C–C–N with tert-alkyl or cyclic N) is 1. The summed E-state index contributed by atoms with van der Waals surface area (Å²) >= 11 is 0. The summed E-state index contributed by atoms with van der Waals surface area (Å²) in [4.78, 5) is 22.7. The molecule has 6 nitrogen and oxygen atoms in total. The lowest BCUT2D eigenvalue weighted by Crippen LogP contribution is -2.58. The Kier molecular flexibility index (Phi) is 3.35. The molecular formula is C11H18N2O4. The largest absolute Gasteiger partial charge is 0.481 e. The van der Waals surface area contributed by atoms with Gasteiger partial charge in [-0.25, -0.2) is 0 Å². The van der Waals surface area contributed by atoms with Crippen LogP contribution in [0.25, 0.3) is 0 Å². The number of hydrogen-bond acceptors (Lipinski definition) is 4. The zero-order valence-electron chi connectivity index (χ0n) is 9.61. The summed E-state index contributed by atoms with van der Waals surface area (Å²) < 4.78 is 0. The predicted octanol–water partition coefficient (Wildman–Crippen LogP) is -0.777. The third-order valence-corrected chi connectivity index (χ3v) is 3.61.